The monoisotopic (exact) mass is 434 g/mol. The molecule has 0 spiro atoms. The van der Waals surface area contributed by atoms with Crippen LogP contribution in [0.2, 0.25) is 0 Å². The molecule has 0 radical (unpaired) electrons. The highest BCUT2D eigenvalue weighted by molar-refractivity contribution is 7.92. The third-order valence-electron chi connectivity index (χ3n) is 5.55. The summed E-state index contributed by atoms with van der Waals surface area (Å²) < 4.78 is 28.3. The van der Waals surface area contributed by atoms with Crippen LogP contribution < -0.4 is 4.72 Å². The molecule has 1 aliphatic heterocycles. The summed E-state index contributed by atoms with van der Waals surface area (Å²) in [4.78, 5) is 14.8. The Morgan fingerprint density at radius 1 is 0.968 bits per heavy atom. The number of amides is 1. The molecule has 4 rings (SSSR count). The number of hydrogen-bond donors (Lipinski definition) is 1. The summed E-state index contributed by atoms with van der Waals surface area (Å²) in [5.74, 6) is -0.00981. The van der Waals surface area contributed by atoms with Gasteiger partial charge in [0.1, 0.15) is 0 Å². The zero-order valence-electron chi connectivity index (χ0n) is 17.5. The van der Waals surface area contributed by atoms with Crippen molar-refractivity contribution in [1.82, 2.24) is 4.90 Å². The number of benzene rings is 3. The van der Waals surface area contributed by atoms with Crippen LogP contribution in [0.5, 0.6) is 0 Å². The van der Waals surface area contributed by atoms with Crippen molar-refractivity contribution in [1.29, 1.82) is 0 Å². The van der Waals surface area contributed by atoms with Crippen LogP contribution in [-0.2, 0) is 29.4 Å². The molecule has 0 fully saturated rings. The van der Waals surface area contributed by atoms with Gasteiger partial charge in [-0.05, 0) is 65.9 Å². The number of carbonyl (C=O) groups is 1. The van der Waals surface area contributed by atoms with Crippen molar-refractivity contribution in [3.8, 4) is 0 Å². The summed E-state index contributed by atoms with van der Waals surface area (Å²) in [6.07, 6.45) is 2.69. The van der Waals surface area contributed by atoms with Crippen LogP contribution in [-0.4, -0.2) is 25.8 Å². The van der Waals surface area contributed by atoms with Gasteiger partial charge in [0.05, 0.1) is 4.90 Å². The van der Waals surface area contributed by atoms with Gasteiger partial charge in [-0.25, -0.2) is 8.42 Å². The highest BCUT2D eigenvalue weighted by Crippen LogP contribution is 2.25. The number of hydrogen-bond acceptors (Lipinski definition) is 3. The van der Waals surface area contributed by atoms with Gasteiger partial charge in [0.2, 0.25) is 0 Å². The molecule has 1 N–H and O–H groups in total. The van der Waals surface area contributed by atoms with Crippen molar-refractivity contribution in [3.63, 3.8) is 0 Å². The van der Waals surface area contributed by atoms with E-state index in [0.29, 0.717) is 24.3 Å². The van der Waals surface area contributed by atoms with Gasteiger partial charge in [-0.1, -0.05) is 49.7 Å². The maximum absolute atomic E-state index is 12.8. The average Bonchev–Trinajstić information content (AvgIpc) is 2.79. The third-order valence-corrected chi connectivity index (χ3v) is 6.95. The van der Waals surface area contributed by atoms with Gasteiger partial charge in [-0.15, -0.1) is 0 Å². The van der Waals surface area contributed by atoms with E-state index in [0.717, 1.165) is 36.0 Å². The molecule has 160 valence electrons. The van der Waals surface area contributed by atoms with Gasteiger partial charge >= 0.3 is 0 Å². The van der Waals surface area contributed by atoms with Crippen molar-refractivity contribution in [2.24, 2.45) is 0 Å². The number of anilines is 1. The highest BCUT2D eigenvalue weighted by Gasteiger charge is 2.23. The van der Waals surface area contributed by atoms with E-state index < -0.39 is 10.0 Å². The molecular formula is C25H26N2O3S. The fourth-order valence-electron chi connectivity index (χ4n) is 3.90. The molecule has 5 nitrogen and oxygen atoms in total. The van der Waals surface area contributed by atoms with E-state index in [1.54, 1.807) is 18.2 Å². The summed E-state index contributed by atoms with van der Waals surface area (Å²) in [6.45, 7) is 3.21. The minimum Gasteiger partial charge on any atom is -0.334 e. The summed E-state index contributed by atoms with van der Waals surface area (Å²) in [7, 11) is -3.67. The first-order chi connectivity index (χ1) is 15.0. The Balaban J connectivity index is 1.51. The Kier molecular flexibility index (Phi) is 6.09. The van der Waals surface area contributed by atoms with Gasteiger partial charge in [0, 0.05) is 24.3 Å². The normalized spacial score (nSPS) is 13.5. The standard InChI is InChI=1S/C25H26N2O3S/c1-2-6-19-9-13-24(14-10-19)31(29,30)26-23-12-11-20-15-16-27(18-22(20)17-23)25(28)21-7-4-3-5-8-21/h3-5,7-14,17,26H,2,6,15-16,18H2,1H3. The van der Waals surface area contributed by atoms with E-state index in [2.05, 4.69) is 11.6 Å². The van der Waals surface area contributed by atoms with Gasteiger partial charge in [-0.2, -0.15) is 0 Å². The highest BCUT2D eigenvalue weighted by atomic mass is 32.2. The van der Waals surface area contributed by atoms with Crippen LogP contribution in [0.15, 0.2) is 77.7 Å². The molecule has 0 bridgehead atoms. The van der Waals surface area contributed by atoms with Gasteiger partial charge in [-0.3, -0.25) is 9.52 Å². The molecule has 0 saturated heterocycles. The van der Waals surface area contributed by atoms with Crippen LogP contribution >= 0.6 is 0 Å². The van der Waals surface area contributed by atoms with Crippen molar-refractivity contribution in [2.75, 3.05) is 11.3 Å². The van der Waals surface area contributed by atoms with Crippen LogP contribution in [0.25, 0.3) is 0 Å². The van der Waals surface area contributed by atoms with E-state index in [1.807, 2.05) is 59.5 Å². The summed E-state index contributed by atoms with van der Waals surface area (Å²) in [6, 6.07) is 21.8. The van der Waals surface area contributed by atoms with Crippen LogP contribution in [0, 0.1) is 0 Å². The Labute approximate surface area is 183 Å². The second-order valence-electron chi connectivity index (χ2n) is 7.83. The fraction of sp³-hybridized carbons (Fsp3) is 0.240. The third kappa shape index (κ3) is 4.80. The molecule has 0 saturated carbocycles. The number of carbonyl (C=O) groups excluding carboxylic acids is 1. The predicted molar refractivity (Wildman–Crippen MR) is 123 cm³/mol. The Morgan fingerprint density at radius 2 is 1.71 bits per heavy atom. The largest absolute Gasteiger partial charge is 0.334 e. The van der Waals surface area contributed by atoms with Crippen molar-refractivity contribution >= 4 is 21.6 Å². The Morgan fingerprint density at radius 3 is 2.42 bits per heavy atom. The smallest absolute Gasteiger partial charge is 0.261 e. The topological polar surface area (TPSA) is 66.5 Å². The molecule has 0 atom stereocenters. The number of nitrogens with one attached hydrogen (secondary N) is 1. The second kappa shape index (κ2) is 8.94. The first kappa shape index (κ1) is 21.1. The molecule has 0 unspecified atom stereocenters. The molecule has 0 aromatic heterocycles. The summed E-state index contributed by atoms with van der Waals surface area (Å²) in [5, 5.41) is 0. The zero-order valence-corrected chi connectivity index (χ0v) is 18.4. The molecule has 1 amide bonds. The molecule has 6 heteroatoms. The van der Waals surface area contributed by atoms with E-state index >= 15 is 0 Å². The molecule has 3 aromatic rings. The number of rotatable bonds is 6. The lowest BCUT2D eigenvalue weighted by atomic mass is 9.98. The first-order valence-corrected chi connectivity index (χ1v) is 12.0. The van der Waals surface area contributed by atoms with Crippen LogP contribution in [0.4, 0.5) is 5.69 Å². The van der Waals surface area contributed by atoms with Crippen molar-refractivity contribution < 1.29 is 13.2 Å². The molecule has 0 aliphatic carbocycles. The Hall–Kier alpha value is -3.12. The number of aryl methyl sites for hydroxylation is 1. The molecule has 1 aliphatic rings. The minimum atomic E-state index is -3.67. The molecular weight excluding hydrogens is 408 g/mol. The lowest BCUT2D eigenvalue weighted by Crippen LogP contribution is -2.36. The SMILES string of the molecule is CCCc1ccc(S(=O)(=O)Nc2ccc3c(c2)CN(C(=O)c2ccccc2)CC3)cc1. The van der Waals surface area contributed by atoms with E-state index in [4.69, 9.17) is 0 Å². The van der Waals surface area contributed by atoms with Crippen LogP contribution in [0.1, 0.15) is 40.4 Å². The summed E-state index contributed by atoms with van der Waals surface area (Å²) >= 11 is 0. The van der Waals surface area contributed by atoms with E-state index in [9.17, 15) is 13.2 Å². The lowest BCUT2D eigenvalue weighted by molar-refractivity contribution is 0.0734. The molecule has 31 heavy (non-hydrogen) atoms. The lowest BCUT2D eigenvalue weighted by Gasteiger charge is -2.29. The maximum atomic E-state index is 12.8. The predicted octanol–water partition coefficient (Wildman–Crippen LogP) is 4.64. The van der Waals surface area contributed by atoms with Gasteiger partial charge < -0.3 is 4.90 Å². The van der Waals surface area contributed by atoms with Crippen molar-refractivity contribution in [3.05, 3.63) is 95.1 Å². The van der Waals surface area contributed by atoms with Gasteiger partial charge in [0.15, 0.2) is 0 Å². The van der Waals surface area contributed by atoms with E-state index in [1.165, 1.54) is 0 Å². The maximum Gasteiger partial charge on any atom is 0.261 e. The molecule has 3 aromatic carbocycles. The molecule has 1 heterocycles. The van der Waals surface area contributed by atoms with E-state index in [-0.39, 0.29) is 10.8 Å². The quantitative estimate of drug-likeness (QED) is 0.615. The fourth-order valence-corrected chi connectivity index (χ4v) is 4.94. The minimum absolute atomic E-state index is 0.00981. The van der Waals surface area contributed by atoms with Crippen LogP contribution in [0.3, 0.4) is 0 Å². The van der Waals surface area contributed by atoms with Crippen molar-refractivity contribution in [2.45, 2.75) is 37.6 Å². The number of sulfonamides is 1. The van der Waals surface area contributed by atoms with Gasteiger partial charge in [0.25, 0.3) is 15.9 Å². The number of fused-ring (bicyclic) bond motifs is 1. The number of nitrogens with zero attached hydrogens (tertiary/aromatic N) is 1. The zero-order chi connectivity index (χ0) is 21.8. The Bertz CT molecular complexity index is 1170. The summed E-state index contributed by atoms with van der Waals surface area (Å²) in [5.41, 5.74) is 4.40. The average molecular weight is 435 g/mol. The first-order valence-electron chi connectivity index (χ1n) is 10.5. The second-order valence-corrected chi connectivity index (χ2v) is 9.51.